The van der Waals surface area contributed by atoms with Crippen LogP contribution in [0.1, 0.15) is 47.9 Å². The summed E-state index contributed by atoms with van der Waals surface area (Å²) in [6.07, 6.45) is 4.61. The maximum absolute atomic E-state index is 13.3. The minimum Gasteiger partial charge on any atom is -0.305 e. The number of fused-ring (bicyclic) bond motifs is 1. The molecule has 1 aliphatic rings. The molecular weight excluding hydrogens is 344 g/mol. The molecule has 3 heterocycles. The van der Waals surface area contributed by atoms with Crippen LogP contribution in [0.2, 0.25) is 0 Å². The zero-order chi connectivity index (χ0) is 18.3. The van der Waals surface area contributed by atoms with Crippen LogP contribution in [0.3, 0.4) is 0 Å². The number of hydrogen-bond donors (Lipinski definition) is 0. The van der Waals surface area contributed by atoms with E-state index in [1.54, 1.807) is 17.5 Å². The molecule has 0 bridgehead atoms. The molecule has 0 fully saturated rings. The first kappa shape index (κ1) is 17.0. The SMILES string of the molecule is CC(C)(C)c1nc(C(=O)N2CC(n3cccn3)Cc3ccccc32)cs1. The Morgan fingerprint density at radius 2 is 2.04 bits per heavy atom. The van der Waals surface area contributed by atoms with E-state index in [0.29, 0.717) is 12.2 Å². The van der Waals surface area contributed by atoms with E-state index in [9.17, 15) is 4.79 Å². The van der Waals surface area contributed by atoms with E-state index in [0.717, 1.165) is 17.1 Å². The molecule has 26 heavy (non-hydrogen) atoms. The summed E-state index contributed by atoms with van der Waals surface area (Å²) in [6.45, 7) is 6.94. The molecule has 134 valence electrons. The van der Waals surface area contributed by atoms with Crippen molar-refractivity contribution in [2.24, 2.45) is 0 Å². The molecule has 2 aromatic heterocycles. The molecule has 6 heteroatoms. The molecule has 0 aliphatic carbocycles. The highest BCUT2D eigenvalue weighted by Crippen LogP contribution is 2.33. The van der Waals surface area contributed by atoms with Crippen LogP contribution in [-0.2, 0) is 11.8 Å². The molecule has 1 unspecified atom stereocenters. The fourth-order valence-electron chi connectivity index (χ4n) is 3.30. The molecule has 3 aromatic rings. The van der Waals surface area contributed by atoms with Gasteiger partial charge in [0.25, 0.3) is 5.91 Å². The fraction of sp³-hybridized carbons (Fsp3) is 0.350. The second-order valence-corrected chi connectivity index (χ2v) is 8.53. The van der Waals surface area contributed by atoms with E-state index < -0.39 is 0 Å². The average Bonchev–Trinajstić information content (AvgIpc) is 3.31. The number of anilines is 1. The lowest BCUT2D eigenvalue weighted by molar-refractivity contribution is 0.0975. The van der Waals surface area contributed by atoms with Crippen molar-refractivity contribution in [2.45, 2.75) is 38.6 Å². The van der Waals surface area contributed by atoms with Crippen LogP contribution >= 0.6 is 11.3 Å². The minimum absolute atomic E-state index is 0.0407. The first-order chi connectivity index (χ1) is 12.4. The quantitative estimate of drug-likeness (QED) is 0.687. The standard InChI is InChI=1S/C20H22N4OS/c1-20(2,3)19-22-16(13-26-19)18(25)23-12-15(24-10-6-9-21-24)11-14-7-4-5-8-17(14)23/h4-10,13,15H,11-12H2,1-3H3. The van der Waals surface area contributed by atoms with Gasteiger partial charge in [-0.1, -0.05) is 39.0 Å². The maximum atomic E-state index is 13.3. The van der Waals surface area contributed by atoms with Gasteiger partial charge in [-0.3, -0.25) is 9.48 Å². The van der Waals surface area contributed by atoms with Crippen LogP contribution in [0.5, 0.6) is 0 Å². The van der Waals surface area contributed by atoms with Crippen molar-refractivity contribution in [3.05, 3.63) is 64.4 Å². The molecule has 5 nitrogen and oxygen atoms in total. The summed E-state index contributed by atoms with van der Waals surface area (Å²) < 4.78 is 1.94. The zero-order valence-electron chi connectivity index (χ0n) is 15.2. The summed E-state index contributed by atoms with van der Waals surface area (Å²) in [5.74, 6) is -0.0407. The van der Waals surface area contributed by atoms with Crippen molar-refractivity contribution >= 4 is 22.9 Å². The minimum atomic E-state index is -0.0550. The van der Waals surface area contributed by atoms with Crippen LogP contribution in [0, 0.1) is 0 Å². The van der Waals surface area contributed by atoms with Crippen molar-refractivity contribution in [1.82, 2.24) is 14.8 Å². The van der Waals surface area contributed by atoms with Gasteiger partial charge in [0.05, 0.1) is 11.0 Å². The Morgan fingerprint density at radius 3 is 2.73 bits per heavy atom. The van der Waals surface area contributed by atoms with Crippen molar-refractivity contribution in [2.75, 3.05) is 11.4 Å². The molecule has 1 amide bonds. The zero-order valence-corrected chi connectivity index (χ0v) is 16.0. The Morgan fingerprint density at radius 1 is 1.23 bits per heavy atom. The predicted octanol–water partition coefficient (Wildman–Crippen LogP) is 4.08. The topological polar surface area (TPSA) is 51.0 Å². The van der Waals surface area contributed by atoms with Crippen molar-refractivity contribution in [3.8, 4) is 0 Å². The highest BCUT2D eigenvalue weighted by atomic mass is 32.1. The molecule has 4 rings (SSSR count). The summed E-state index contributed by atoms with van der Waals surface area (Å²) in [5, 5.41) is 7.24. The van der Waals surface area contributed by atoms with Gasteiger partial charge in [-0.15, -0.1) is 11.3 Å². The third-order valence-electron chi connectivity index (χ3n) is 4.64. The number of amides is 1. The smallest absolute Gasteiger partial charge is 0.277 e. The highest BCUT2D eigenvalue weighted by Gasteiger charge is 2.31. The molecule has 0 radical (unpaired) electrons. The number of nitrogens with zero attached hydrogens (tertiary/aromatic N) is 4. The van der Waals surface area contributed by atoms with E-state index in [2.05, 4.69) is 36.9 Å². The monoisotopic (exact) mass is 366 g/mol. The summed E-state index contributed by atoms with van der Waals surface area (Å²) >= 11 is 1.55. The maximum Gasteiger partial charge on any atom is 0.277 e. The summed E-state index contributed by atoms with van der Waals surface area (Å²) in [6, 6.07) is 10.2. The van der Waals surface area contributed by atoms with Crippen LogP contribution in [0.15, 0.2) is 48.1 Å². The van der Waals surface area contributed by atoms with E-state index in [4.69, 9.17) is 0 Å². The fourth-order valence-corrected chi connectivity index (χ4v) is 4.18. The highest BCUT2D eigenvalue weighted by molar-refractivity contribution is 7.10. The lowest BCUT2D eigenvalue weighted by Gasteiger charge is -2.34. The van der Waals surface area contributed by atoms with Gasteiger partial charge in [0, 0.05) is 35.4 Å². The largest absolute Gasteiger partial charge is 0.305 e. The van der Waals surface area contributed by atoms with Gasteiger partial charge < -0.3 is 4.90 Å². The predicted molar refractivity (Wildman–Crippen MR) is 104 cm³/mol. The number of benzene rings is 1. The summed E-state index contributed by atoms with van der Waals surface area (Å²) in [7, 11) is 0. The second-order valence-electron chi connectivity index (χ2n) is 7.68. The van der Waals surface area contributed by atoms with E-state index >= 15 is 0 Å². The third-order valence-corrected chi connectivity index (χ3v) is 5.91. The van der Waals surface area contributed by atoms with Crippen molar-refractivity contribution in [3.63, 3.8) is 0 Å². The molecule has 0 saturated carbocycles. The number of aromatic nitrogens is 3. The van der Waals surface area contributed by atoms with Gasteiger partial charge in [-0.05, 0) is 24.1 Å². The molecule has 0 N–H and O–H groups in total. The molecule has 1 atom stereocenters. The van der Waals surface area contributed by atoms with Gasteiger partial charge in [0.15, 0.2) is 0 Å². The Labute approximate surface area is 157 Å². The molecular formula is C20H22N4OS. The molecule has 1 aromatic carbocycles. The molecule has 0 saturated heterocycles. The normalized spacial score (nSPS) is 17.2. The lowest BCUT2D eigenvalue weighted by Crippen LogP contribution is -2.41. The number of carbonyl (C=O) groups excluding carboxylic acids is 1. The molecule has 0 spiro atoms. The van der Waals surface area contributed by atoms with Gasteiger partial charge >= 0.3 is 0 Å². The number of para-hydroxylation sites is 1. The van der Waals surface area contributed by atoms with Gasteiger partial charge in [-0.2, -0.15) is 5.10 Å². The van der Waals surface area contributed by atoms with Crippen LogP contribution < -0.4 is 4.90 Å². The van der Waals surface area contributed by atoms with E-state index in [-0.39, 0.29) is 17.4 Å². The van der Waals surface area contributed by atoms with Gasteiger partial charge in [0.1, 0.15) is 5.69 Å². The molecule has 1 aliphatic heterocycles. The van der Waals surface area contributed by atoms with Crippen molar-refractivity contribution < 1.29 is 4.79 Å². The van der Waals surface area contributed by atoms with Crippen LogP contribution in [-0.4, -0.2) is 27.2 Å². The van der Waals surface area contributed by atoms with Crippen LogP contribution in [0.25, 0.3) is 0 Å². The number of carbonyl (C=O) groups is 1. The summed E-state index contributed by atoms with van der Waals surface area (Å²) in [5.41, 5.74) is 2.61. The van der Waals surface area contributed by atoms with E-state index in [1.165, 1.54) is 5.56 Å². The van der Waals surface area contributed by atoms with E-state index in [1.807, 2.05) is 45.4 Å². The number of hydrogen-bond acceptors (Lipinski definition) is 4. The number of thiazole rings is 1. The first-order valence-electron chi connectivity index (χ1n) is 8.78. The van der Waals surface area contributed by atoms with Crippen LogP contribution in [0.4, 0.5) is 5.69 Å². The van der Waals surface area contributed by atoms with Gasteiger partial charge in [0.2, 0.25) is 0 Å². The Bertz CT molecular complexity index is 923. The Hall–Kier alpha value is -2.47. The Balaban J connectivity index is 1.69. The first-order valence-corrected chi connectivity index (χ1v) is 9.66. The lowest BCUT2D eigenvalue weighted by atomic mass is 9.97. The Kier molecular flexibility index (Phi) is 4.15. The van der Waals surface area contributed by atoms with Gasteiger partial charge in [-0.25, -0.2) is 4.98 Å². The average molecular weight is 366 g/mol. The summed E-state index contributed by atoms with van der Waals surface area (Å²) in [4.78, 5) is 19.7. The van der Waals surface area contributed by atoms with Crippen molar-refractivity contribution in [1.29, 1.82) is 0 Å². The third kappa shape index (κ3) is 3.05. The second kappa shape index (κ2) is 6.36. The number of rotatable bonds is 2.